The Morgan fingerprint density at radius 3 is 2.67 bits per heavy atom. The van der Waals surface area contributed by atoms with Gasteiger partial charge in [0.2, 0.25) is 10.0 Å². The molecule has 0 atom stereocenters. The summed E-state index contributed by atoms with van der Waals surface area (Å²) < 4.78 is 26.0. The molecule has 1 aliphatic rings. The van der Waals surface area contributed by atoms with Crippen LogP contribution < -0.4 is 5.32 Å². The van der Waals surface area contributed by atoms with E-state index in [9.17, 15) is 8.42 Å². The van der Waals surface area contributed by atoms with E-state index in [4.69, 9.17) is 0 Å². The van der Waals surface area contributed by atoms with Gasteiger partial charge in [-0.2, -0.15) is 0 Å². The summed E-state index contributed by atoms with van der Waals surface area (Å²) in [6, 6.07) is 9.77. The van der Waals surface area contributed by atoms with E-state index < -0.39 is 10.0 Å². The molecule has 0 amide bonds. The topological polar surface area (TPSA) is 49.4 Å². The van der Waals surface area contributed by atoms with Gasteiger partial charge >= 0.3 is 0 Å². The van der Waals surface area contributed by atoms with Crippen molar-refractivity contribution in [2.75, 3.05) is 31.9 Å². The van der Waals surface area contributed by atoms with E-state index in [0.29, 0.717) is 19.5 Å². The molecule has 1 aromatic rings. The number of aryl methyl sites for hydroxylation is 1. The quantitative estimate of drug-likeness (QED) is 0.881. The Labute approximate surface area is 109 Å². The first kappa shape index (κ1) is 13.5. The van der Waals surface area contributed by atoms with E-state index in [1.165, 1.54) is 0 Å². The first-order chi connectivity index (χ1) is 8.68. The normalized spacial score (nSPS) is 18.4. The second kappa shape index (κ2) is 6.31. The summed E-state index contributed by atoms with van der Waals surface area (Å²) in [7, 11) is -3.11. The van der Waals surface area contributed by atoms with Crippen LogP contribution in [0.15, 0.2) is 30.3 Å². The lowest BCUT2D eigenvalue weighted by Crippen LogP contribution is -2.36. The molecule has 2 rings (SSSR count). The zero-order valence-electron chi connectivity index (χ0n) is 10.5. The lowest BCUT2D eigenvalue weighted by atomic mass is 10.2. The highest BCUT2D eigenvalue weighted by atomic mass is 32.2. The van der Waals surface area contributed by atoms with Crippen molar-refractivity contribution in [2.45, 2.75) is 12.8 Å². The molecule has 0 bridgehead atoms. The van der Waals surface area contributed by atoms with Gasteiger partial charge in [0.25, 0.3) is 0 Å². The van der Waals surface area contributed by atoms with Crippen LogP contribution in [-0.2, 0) is 16.4 Å². The molecular formula is C13H20N2O2S. The molecule has 1 aliphatic heterocycles. The SMILES string of the molecule is O=S(=O)(CCc1ccccc1)N1CCCNCC1. The Bertz CT molecular complexity index is 451. The molecule has 0 aliphatic carbocycles. The van der Waals surface area contributed by atoms with Crippen LogP contribution in [0, 0.1) is 0 Å². The van der Waals surface area contributed by atoms with Crippen molar-refractivity contribution in [3.63, 3.8) is 0 Å². The number of nitrogens with one attached hydrogen (secondary N) is 1. The van der Waals surface area contributed by atoms with Crippen molar-refractivity contribution >= 4 is 10.0 Å². The van der Waals surface area contributed by atoms with Crippen LogP contribution in [-0.4, -0.2) is 44.7 Å². The van der Waals surface area contributed by atoms with E-state index in [1.54, 1.807) is 4.31 Å². The number of nitrogens with zero attached hydrogens (tertiary/aromatic N) is 1. The number of hydrogen-bond donors (Lipinski definition) is 1. The fraction of sp³-hybridized carbons (Fsp3) is 0.538. The summed E-state index contributed by atoms with van der Waals surface area (Å²) in [6.45, 7) is 2.90. The maximum Gasteiger partial charge on any atom is 0.214 e. The first-order valence-corrected chi connectivity index (χ1v) is 8.02. The highest BCUT2D eigenvalue weighted by Crippen LogP contribution is 2.08. The van der Waals surface area contributed by atoms with E-state index >= 15 is 0 Å². The maximum absolute atomic E-state index is 12.2. The van der Waals surface area contributed by atoms with Gasteiger partial charge in [-0.25, -0.2) is 12.7 Å². The minimum Gasteiger partial charge on any atom is -0.315 e. The Balaban J connectivity index is 1.94. The van der Waals surface area contributed by atoms with Crippen LogP contribution >= 0.6 is 0 Å². The minimum absolute atomic E-state index is 0.205. The molecule has 0 spiro atoms. The predicted octanol–water partition coefficient (Wildman–Crippen LogP) is 0.854. The van der Waals surface area contributed by atoms with Crippen LogP contribution in [0.1, 0.15) is 12.0 Å². The summed E-state index contributed by atoms with van der Waals surface area (Å²) in [5.41, 5.74) is 1.08. The molecular weight excluding hydrogens is 248 g/mol. The zero-order chi connectivity index (χ0) is 12.8. The lowest BCUT2D eigenvalue weighted by molar-refractivity contribution is 0.432. The molecule has 0 aromatic heterocycles. The molecule has 1 fully saturated rings. The van der Waals surface area contributed by atoms with Crippen molar-refractivity contribution in [1.82, 2.24) is 9.62 Å². The van der Waals surface area contributed by atoms with Crippen LogP contribution in [0.25, 0.3) is 0 Å². The average Bonchev–Trinajstić information content (AvgIpc) is 2.67. The van der Waals surface area contributed by atoms with Crippen molar-refractivity contribution in [2.24, 2.45) is 0 Å². The second-order valence-corrected chi connectivity index (χ2v) is 6.64. The molecule has 0 saturated carbocycles. The predicted molar refractivity (Wildman–Crippen MR) is 73.0 cm³/mol. The molecule has 100 valence electrons. The Morgan fingerprint density at radius 1 is 1.11 bits per heavy atom. The van der Waals surface area contributed by atoms with E-state index in [1.807, 2.05) is 30.3 Å². The van der Waals surface area contributed by atoms with Crippen LogP contribution in [0.4, 0.5) is 0 Å². The second-order valence-electron chi connectivity index (χ2n) is 4.55. The number of hydrogen-bond acceptors (Lipinski definition) is 3. The fourth-order valence-electron chi connectivity index (χ4n) is 2.12. The van der Waals surface area contributed by atoms with Crippen LogP contribution in [0.3, 0.4) is 0 Å². The summed E-state index contributed by atoms with van der Waals surface area (Å²) in [6.07, 6.45) is 1.48. The van der Waals surface area contributed by atoms with Crippen molar-refractivity contribution in [3.05, 3.63) is 35.9 Å². The van der Waals surface area contributed by atoms with Crippen molar-refractivity contribution in [1.29, 1.82) is 0 Å². The Kier molecular flexibility index (Phi) is 4.74. The molecule has 1 heterocycles. The number of rotatable bonds is 4. The highest BCUT2D eigenvalue weighted by Gasteiger charge is 2.22. The van der Waals surface area contributed by atoms with Gasteiger partial charge in [-0.3, -0.25) is 0 Å². The molecule has 1 saturated heterocycles. The summed E-state index contributed by atoms with van der Waals surface area (Å²) >= 11 is 0. The largest absolute Gasteiger partial charge is 0.315 e. The van der Waals surface area contributed by atoms with Crippen LogP contribution in [0.2, 0.25) is 0 Å². The third kappa shape index (κ3) is 3.80. The Hall–Kier alpha value is -0.910. The maximum atomic E-state index is 12.2. The molecule has 1 N–H and O–H groups in total. The molecule has 1 aromatic carbocycles. The zero-order valence-corrected chi connectivity index (χ0v) is 11.3. The van der Waals surface area contributed by atoms with Gasteiger partial charge < -0.3 is 5.32 Å². The molecule has 5 heteroatoms. The molecule has 18 heavy (non-hydrogen) atoms. The summed E-state index contributed by atoms with van der Waals surface area (Å²) in [5.74, 6) is 0.205. The summed E-state index contributed by atoms with van der Waals surface area (Å²) in [5, 5.41) is 3.22. The van der Waals surface area contributed by atoms with Gasteiger partial charge in [-0.15, -0.1) is 0 Å². The Morgan fingerprint density at radius 2 is 1.89 bits per heavy atom. The summed E-state index contributed by atoms with van der Waals surface area (Å²) in [4.78, 5) is 0. The standard InChI is InChI=1S/C13H20N2O2S/c16-18(17,15-10-4-8-14-9-11-15)12-7-13-5-2-1-3-6-13/h1-3,5-6,14H,4,7-12H2. The fourth-order valence-corrected chi connectivity index (χ4v) is 3.65. The van der Waals surface area contributed by atoms with E-state index in [-0.39, 0.29) is 5.75 Å². The van der Waals surface area contributed by atoms with Gasteiger partial charge in [0.1, 0.15) is 0 Å². The van der Waals surface area contributed by atoms with E-state index in [2.05, 4.69) is 5.32 Å². The first-order valence-electron chi connectivity index (χ1n) is 6.41. The van der Waals surface area contributed by atoms with E-state index in [0.717, 1.165) is 25.1 Å². The molecule has 0 unspecified atom stereocenters. The number of sulfonamides is 1. The smallest absolute Gasteiger partial charge is 0.214 e. The van der Waals surface area contributed by atoms with Gasteiger partial charge in [0.15, 0.2) is 0 Å². The van der Waals surface area contributed by atoms with Gasteiger partial charge in [0, 0.05) is 19.6 Å². The van der Waals surface area contributed by atoms with Crippen molar-refractivity contribution in [3.8, 4) is 0 Å². The monoisotopic (exact) mass is 268 g/mol. The average molecular weight is 268 g/mol. The van der Waals surface area contributed by atoms with Gasteiger partial charge in [-0.1, -0.05) is 30.3 Å². The lowest BCUT2D eigenvalue weighted by Gasteiger charge is -2.19. The van der Waals surface area contributed by atoms with Gasteiger partial charge in [0.05, 0.1) is 5.75 Å². The minimum atomic E-state index is -3.11. The molecule has 4 nitrogen and oxygen atoms in total. The molecule has 0 radical (unpaired) electrons. The van der Waals surface area contributed by atoms with Crippen LogP contribution in [0.5, 0.6) is 0 Å². The highest BCUT2D eigenvalue weighted by molar-refractivity contribution is 7.89. The number of benzene rings is 1. The van der Waals surface area contributed by atoms with Gasteiger partial charge in [-0.05, 0) is 24.9 Å². The third-order valence-electron chi connectivity index (χ3n) is 3.18. The third-order valence-corrected chi connectivity index (χ3v) is 5.06. The van der Waals surface area contributed by atoms with Crippen molar-refractivity contribution < 1.29 is 8.42 Å².